The summed E-state index contributed by atoms with van der Waals surface area (Å²) in [6.07, 6.45) is 1.08. The van der Waals surface area contributed by atoms with Gasteiger partial charge in [-0.2, -0.15) is 0 Å². The van der Waals surface area contributed by atoms with E-state index in [2.05, 4.69) is 27.6 Å². The molecule has 0 unspecified atom stereocenters. The highest BCUT2D eigenvalue weighted by atomic mass is 127. The van der Waals surface area contributed by atoms with Crippen molar-refractivity contribution < 1.29 is 9.53 Å². The molecule has 19 heavy (non-hydrogen) atoms. The van der Waals surface area contributed by atoms with E-state index in [1.807, 2.05) is 12.1 Å². The quantitative estimate of drug-likeness (QED) is 0.594. The molecule has 0 spiro atoms. The molecule has 0 saturated carbocycles. The van der Waals surface area contributed by atoms with Crippen molar-refractivity contribution in [2.75, 3.05) is 0 Å². The lowest BCUT2D eigenvalue weighted by molar-refractivity contribution is 0.0314. The molecule has 100 valence electrons. The molecule has 2 rings (SSSR count). The van der Waals surface area contributed by atoms with Gasteiger partial charge < -0.3 is 9.30 Å². The van der Waals surface area contributed by atoms with Crippen LogP contribution >= 0.6 is 34.2 Å². The molecule has 6 heteroatoms. The molecule has 1 atom stereocenters. The third-order valence-corrected chi connectivity index (χ3v) is 3.77. The molecule has 0 aliphatic carbocycles. The van der Waals surface area contributed by atoms with Crippen molar-refractivity contribution >= 4 is 40.2 Å². The van der Waals surface area contributed by atoms with Gasteiger partial charge in [0.2, 0.25) is 0 Å². The first kappa shape index (κ1) is 14.3. The summed E-state index contributed by atoms with van der Waals surface area (Å²) in [7, 11) is 1.78. The molecule has 0 N–H and O–H groups in total. The van der Waals surface area contributed by atoms with Crippen molar-refractivity contribution in [1.82, 2.24) is 9.55 Å². The van der Waals surface area contributed by atoms with Crippen LogP contribution in [0.3, 0.4) is 0 Å². The maximum Gasteiger partial charge on any atom is 0.338 e. The van der Waals surface area contributed by atoms with Crippen molar-refractivity contribution in [1.29, 1.82) is 0 Å². The minimum atomic E-state index is -0.454. The van der Waals surface area contributed by atoms with Crippen LogP contribution in [0.2, 0.25) is 5.15 Å². The van der Waals surface area contributed by atoms with E-state index in [1.54, 1.807) is 30.7 Å². The van der Waals surface area contributed by atoms with Crippen molar-refractivity contribution in [2.24, 2.45) is 7.05 Å². The smallest absolute Gasteiger partial charge is 0.338 e. The largest absolute Gasteiger partial charge is 0.451 e. The number of ether oxygens (including phenoxy) is 1. The maximum atomic E-state index is 12.0. The highest BCUT2D eigenvalue weighted by Gasteiger charge is 2.18. The summed E-state index contributed by atoms with van der Waals surface area (Å²) < 4.78 is 8.13. The zero-order valence-corrected chi connectivity index (χ0v) is 13.3. The third kappa shape index (κ3) is 3.27. The van der Waals surface area contributed by atoms with Crippen molar-refractivity contribution in [2.45, 2.75) is 13.0 Å². The van der Waals surface area contributed by atoms with Crippen LogP contribution in [0.1, 0.15) is 29.2 Å². The SMILES string of the molecule is C[C@@H](OC(=O)c1ccc(I)cc1)c1ncc(Cl)n1C. The summed E-state index contributed by atoms with van der Waals surface area (Å²) >= 11 is 8.09. The van der Waals surface area contributed by atoms with E-state index in [0.29, 0.717) is 16.5 Å². The summed E-state index contributed by atoms with van der Waals surface area (Å²) in [6, 6.07) is 7.20. The van der Waals surface area contributed by atoms with Gasteiger partial charge in [0.25, 0.3) is 0 Å². The van der Waals surface area contributed by atoms with Crippen LogP contribution < -0.4 is 0 Å². The molecule has 0 fully saturated rings. The Kier molecular flexibility index (Phi) is 4.46. The van der Waals surface area contributed by atoms with E-state index >= 15 is 0 Å². The van der Waals surface area contributed by atoms with Gasteiger partial charge in [-0.1, -0.05) is 11.6 Å². The van der Waals surface area contributed by atoms with Crippen molar-refractivity contribution in [3.63, 3.8) is 0 Å². The van der Waals surface area contributed by atoms with E-state index in [-0.39, 0.29) is 5.97 Å². The van der Waals surface area contributed by atoms with Crippen molar-refractivity contribution in [3.8, 4) is 0 Å². The molecule has 0 aliphatic heterocycles. The minimum Gasteiger partial charge on any atom is -0.451 e. The second-order valence-electron chi connectivity index (χ2n) is 4.05. The first-order chi connectivity index (χ1) is 8.99. The number of esters is 1. The molecular weight excluding hydrogens is 379 g/mol. The third-order valence-electron chi connectivity index (χ3n) is 2.69. The van der Waals surface area contributed by atoms with E-state index in [9.17, 15) is 4.79 Å². The molecule has 2 aromatic rings. The van der Waals surface area contributed by atoms with Crippen LogP contribution in [-0.2, 0) is 11.8 Å². The summed E-state index contributed by atoms with van der Waals surface area (Å²) in [5, 5.41) is 0.507. The van der Waals surface area contributed by atoms with Gasteiger partial charge in [-0.25, -0.2) is 9.78 Å². The predicted molar refractivity (Wildman–Crippen MR) is 81.2 cm³/mol. The zero-order chi connectivity index (χ0) is 14.0. The Labute approximate surface area is 129 Å². The Hall–Kier alpha value is -1.08. The number of imidazole rings is 1. The maximum absolute atomic E-state index is 12.0. The van der Waals surface area contributed by atoms with Gasteiger partial charge >= 0.3 is 5.97 Å². The van der Waals surface area contributed by atoms with Crippen LogP contribution in [0.15, 0.2) is 30.5 Å². The molecular formula is C13H12ClIN2O2. The summed E-state index contributed by atoms with van der Waals surface area (Å²) in [4.78, 5) is 16.1. The number of aromatic nitrogens is 2. The standard InChI is InChI=1S/C13H12ClIN2O2/c1-8(12-16-7-11(14)17(12)2)19-13(18)9-3-5-10(15)6-4-9/h3-8H,1-2H3/t8-/m1/s1. The minimum absolute atomic E-state index is 0.372. The fraction of sp³-hybridized carbons (Fsp3) is 0.231. The lowest BCUT2D eigenvalue weighted by atomic mass is 10.2. The molecule has 0 saturated heterocycles. The van der Waals surface area contributed by atoms with E-state index in [1.165, 1.54) is 6.20 Å². The average Bonchev–Trinajstić information content (AvgIpc) is 2.70. The number of nitrogens with zero attached hydrogens (tertiary/aromatic N) is 2. The number of benzene rings is 1. The highest BCUT2D eigenvalue weighted by molar-refractivity contribution is 14.1. The second kappa shape index (κ2) is 5.92. The van der Waals surface area contributed by atoms with Gasteiger partial charge in [-0.3, -0.25) is 0 Å². The van der Waals surface area contributed by atoms with Gasteiger partial charge in [-0.15, -0.1) is 0 Å². The van der Waals surface area contributed by atoms with E-state index in [4.69, 9.17) is 16.3 Å². The molecule has 4 nitrogen and oxygen atoms in total. The van der Waals surface area contributed by atoms with Gasteiger partial charge in [0, 0.05) is 10.6 Å². The molecule has 1 aromatic heterocycles. The Balaban J connectivity index is 2.10. The molecule has 1 aromatic carbocycles. The van der Waals surface area contributed by atoms with Gasteiger partial charge in [0.05, 0.1) is 11.8 Å². The molecule has 0 radical (unpaired) electrons. The molecule has 0 aliphatic rings. The fourth-order valence-corrected chi connectivity index (χ4v) is 2.14. The van der Waals surface area contributed by atoms with Gasteiger partial charge in [0.1, 0.15) is 5.15 Å². The Morgan fingerprint density at radius 3 is 2.58 bits per heavy atom. The van der Waals surface area contributed by atoms with Crippen LogP contribution in [-0.4, -0.2) is 15.5 Å². The Morgan fingerprint density at radius 2 is 2.05 bits per heavy atom. The first-order valence-electron chi connectivity index (χ1n) is 5.62. The van der Waals surface area contributed by atoms with Crippen LogP contribution in [0.25, 0.3) is 0 Å². The number of carbonyl (C=O) groups excluding carboxylic acids is 1. The van der Waals surface area contributed by atoms with Crippen LogP contribution in [0.4, 0.5) is 0 Å². The number of rotatable bonds is 3. The average molecular weight is 391 g/mol. The summed E-state index contributed by atoms with van der Waals surface area (Å²) in [5.41, 5.74) is 0.521. The predicted octanol–water partition coefficient (Wildman–Crippen LogP) is 3.60. The van der Waals surface area contributed by atoms with Crippen LogP contribution in [0.5, 0.6) is 0 Å². The molecule has 0 amide bonds. The zero-order valence-electron chi connectivity index (χ0n) is 10.4. The Bertz CT molecular complexity index is 595. The lowest BCUT2D eigenvalue weighted by Gasteiger charge is -2.13. The lowest BCUT2D eigenvalue weighted by Crippen LogP contribution is -2.12. The van der Waals surface area contributed by atoms with E-state index < -0.39 is 6.10 Å². The Morgan fingerprint density at radius 1 is 1.42 bits per heavy atom. The number of carbonyl (C=O) groups is 1. The topological polar surface area (TPSA) is 44.1 Å². The van der Waals surface area contributed by atoms with Gasteiger partial charge in [-0.05, 0) is 53.8 Å². The van der Waals surface area contributed by atoms with Crippen molar-refractivity contribution in [3.05, 3.63) is 50.6 Å². The number of hydrogen-bond acceptors (Lipinski definition) is 3. The van der Waals surface area contributed by atoms with Gasteiger partial charge in [0.15, 0.2) is 11.9 Å². The number of halogens is 2. The van der Waals surface area contributed by atoms with Crippen LogP contribution in [0, 0.1) is 3.57 Å². The summed E-state index contributed by atoms with van der Waals surface area (Å²) in [5.74, 6) is 0.242. The first-order valence-corrected chi connectivity index (χ1v) is 7.08. The fourth-order valence-electron chi connectivity index (χ4n) is 1.65. The highest BCUT2D eigenvalue weighted by Crippen LogP contribution is 2.20. The second-order valence-corrected chi connectivity index (χ2v) is 5.69. The molecule has 1 heterocycles. The van der Waals surface area contributed by atoms with E-state index in [0.717, 1.165) is 3.57 Å². The summed E-state index contributed by atoms with van der Waals surface area (Å²) in [6.45, 7) is 1.77. The molecule has 0 bridgehead atoms. The monoisotopic (exact) mass is 390 g/mol. The normalized spacial score (nSPS) is 12.2. The number of hydrogen-bond donors (Lipinski definition) is 0.